The predicted octanol–water partition coefficient (Wildman–Crippen LogP) is 1.56. The molecule has 0 spiro atoms. The first-order chi connectivity index (χ1) is 4.85. The Morgan fingerprint density at radius 2 is 2.30 bits per heavy atom. The second-order valence-corrected chi connectivity index (χ2v) is 2.00. The van der Waals surface area contributed by atoms with Crippen LogP contribution in [0, 0.1) is 0 Å². The number of carbonyl (C=O) groups is 1. The molecule has 1 unspecified atom stereocenters. The maximum atomic E-state index is 10.1. The number of rotatable bonds is 6. The van der Waals surface area contributed by atoms with E-state index in [0.29, 0.717) is 13.0 Å². The van der Waals surface area contributed by atoms with E-state index in [1.54, 1.807) is 6.08 Å². The predicted molar refractivity (Wildman–Crippen MR) is 40.9 cm³/mol. The maximum Gasteiger partial charge on any atom is 0.122 e. The van der Waals surface area contributed by atoms with Gasteiger partial charge in [-0.25, -0.2) is 0 Å². The van der Waals surface area contributed by atoms with Crippen molar-refractivity contribution in [3.8, 4) is 0 Å². The number of carbonyl (C=O) groups excluding carboxylic acids is 1. The van der Waals surface area contributed by atoms with Gasteiger partial charge in [-0.1, -0.05) is 6.08 Å². The van der Waals surface area contributed by atoms with Crippen LogP contribution in [0.1, 0.15) is 19.8 Å². The normalized spacial score (nSPS) is 12.5. The first-order valence-corrected chi connectivity index (χ1v) is 3.51. The van der Waals surface area contributed by atoms with Gasteiger partial charge in [0.2, 0.25) is 0 Å². The summed E-state index contributed by atoms with van der Waals surface area (Å²) >= 11 is 0. The van der Waals surface area contributed by atoms with Gasteiger partial charge in [0.15, 0.2) is 0 Å². The molecule has 2 heteroatoms. The quantitative estimate of drug-likeness (QED) is 0.415. The molecule has 0 aromatic rings. The van der Waals surface area contributed by atoms with Crippen LogP contribution in [-0.2, 0) is 9.53 Å². The van der Waals surface area contributed by atoms with Crippen LogP contribution in [0.3, 0.4) is 0 Å². The summed E-state index contributed by atoms with van der Waals surface area (Å²) in [5, 5.41) is 0. The van der Waals surface area contributed by atoms with Crippen molar-refractivity contribution < 1.29 is 9.53 Å². The smallest absolute Gasteiger partial charge is 0.122 e. The van der Waals surface area contributed by atoms with E-state index in [2.05, 4.69) is 6.58 Å². The largest absolute Gasteiger partial charge is 0.378 e. The molecule has 0 aliphatic heterocycles. The van der Waals surface area contributed by atoms with Crippen molar-refractivity contribution in [2.24, 2.45) is 0 Å². The van der Waals surface area contributed by atoms with Crippen molar-refractivity contribution in [2.75, 3.05) is 6.61 Å². The number of ether oxygens (including phenoxy) is 1. The Morgan fingerprint density at radius 3 is 2.70 bits per heavy atom. The van der Waals surface area contributed by atoms with Crippen molar-refractivity contribution >= 4 is 6.29 Å². The van der Waals surface area contributed by atoms with Crippen LogP contribution in [0.2, 0.25) is 0 Å². The van der Waals surface area contributed by atoms with Gasteiger partial charge in [0.25, 0.3) is 0 Å². The number of hydrogen-bond acceptors (Lipinski definition) is 2. The summed E-state index contributed by atoms with van der Waals surface area (Å²) in [5.41, 5.74) is 0. The molecule has 0 fully saturated rings. The summed E-state index contributed by atoms with van der Waals surface area (Å²) in [5.74, 6) is 0. The van der Waals surface area contributed by atoms with Gasteiger partial charge >= 0.3 is 0 Å². The molecule has 1 atom stereocenters. The third kappa shape index (κ3) is 4.27. The SMILES string of the molecule is C=CCC(CC=O)OCC. The minimum atomic E-state index is 0.0417. The van der Waals surface area contributed by atoms with E-state index < -0.39 is 0 Å². The van der Waals surface area contributed by atoms with Crippen molar-refractivity contribution in [2.45, 2.75) is 25.9 Å². The maximum absolute atomic E-state index is 10.1. The third-order valence-corrected chi connectivity index (χ3v) is 1.19. The first-order valence-electron chi connectivity index (χ1n) is 3.51. The average molecular weight is 142 g/mol. The third-order valence-electron chi connectivity index (χ3n) is 1.19. The van der Waals surface area contributed by atoms with Crippen LogP contribution >= 0.6 is 0 Å². The highest BCUT2D eigenvalue weighted by Gasteiger charge is 2.03. The molecule has 0 aliphatic carbocycles. The molecule has 0 aliphatic rings. The highest BCUT2D eigenvalue weighted by molar-refractivity contribution is 5.50. The molecule has 0 radical (unpaired) electrons. The standard InChI is InChI=1S/C8H14O2/c1-3-5-8(6-7-9)10-4-2/h3,7-8H,1,4-6H2,2H3. The van der Waals surface area contributed by atoms with Gasteiger partial charge < -0.3 is 9.53 Å². The molecule has 10 heavy (non-hydrogen) atoms. The van der Waals surface area contributed by atoms with E-state index in [9.17, 15) is 4.79 Å². The van der Waals surface area contributed by atoms with Gasteiger partial charge in [0, 0.05) is 13.0 Å². The number of hydrogen-bond donors (Lipinski definition) is 0. The van der Waals surface area contributed by atoms with E-state index in [1.807, 2.05) is 6.92 Å². The highest BCUT2D eigenvalue weighted by atomic mass is 16.5. The zero-order valence-electron chi connectivity index (χ0n) is 6.38. The zero-order chi connectivity index (χ0) is 7.82. The summed E-state index contributed by atoms with van der Waals surface area (Å²) in [6.45, 7) is 6.15. The lowest BCUT2D eigenvalue weighted by Gasteiger charge is -2.10. The second-order valence-electron chi connectivity index (χ2n) is 2.00. The molecule has 0 amide bonds. The van der Waals surface area contributed by atoms with Gasteiger partial charge in [-0.05, 0) is 13.3 Å². The van der Waals surface area contributed by atoms with Gasteiger partial charge in [0.1, 0.15) is 6.29 Å². The topological polar surface area (TPSA) is 26.3 Å². The Morgan fingerprint density at radius 1 is 1.60 bits per heavy atom. The Labute approximate surface area is 61.9 Å². The van der Waals surface area contributed by atoms with E-state index in [-0.39, 0.29) is 6.10 Å². The second kappa shape index (κ2) is 6.49. The van der Waals surface area contributed by atoms with Crippen LogP contribution in [0.25, 0.3) is 0 Å². The lowest BCUT2D eigenvalue weighted by molar-refractivity contribution is -0.110. The monoisotopic (exact) mass is 142 g/mol. The lowest BCUT2D eigenvalue weighted by Crippen LogP contribution is -2.11. The van der Waals surface area contributed by atoms with Crippen molar-refractivity contribution in [3.63, 3.8) is 0 Å². The fraction of sp³-hybridized carbons (Fsp3) is 0.625. The molecule has 58 valence electrons. The van der Waals surface area contributed by atoms with E-state index >= 15 is 0 Å². The van der Waals surface area contributed by atoms with Crippen LogP contribution < -0.4 is 0 Å². The Bertz CT molecular complexity index is 89.4. The minimum absolute atomic E-state index is 0.0417. The molecule has 0 rings (SSSR count). The minimum Gasteiger partial charge on any atom is -0.378 e. The van der Waals surface area contributed by atoms with Crippen LogP contribution in [0.4, 0.5) is 0 Å². The van der Waals surface area contributed by atoms with Crippen LogP contribution in [0.15, 0.2) is 12.7 Å². The van der Waals surface area contributed by atoms with Gasteiger partial charge in [0.05, 0.1) is 6.10 Å². The molecule has 2 nitrogen and oxygen atoms in total. The Hall–Kier alpha value is -0.630. The van der Waals surface area contributed by atoms with Crippen molar-refractivity contribution in [3.05, 3.63) is 12.7 Å². The molecular formula is C8H14O2. The van der Waals surface area contributed by atoms with Gasteiger partial charge in [-0.2, -0.15) is 0 Å². The Kier molecular flexibility index (Phi) is 6.08. The lowest BCUT2D eigenvalue weighted by atomic mass is 10.2. The van der Waals surface area contributed by atoms with E-state index in [1.165, 1.54) is 0 Å². The summed E-state index contributed by atoms with van der Waals surface area (Å²) in [6, 6.07) is 0. The molecule has 0 saturated carbocycles. The molecule has 0 saturated heterocycles. The fourth-order valence-corrected chi connectivity index (χ4v) is 0.761. The molecule has 0 N–H and O–H groups in total. The van der Waals surface area contributed by atoms with E-state index in [0.717, 1.165) is 12.7 Å². The summed E-state index contributed by atoms with van der Waals surface area (Å²) in [6.07, 6.45) is 3.92. The van der Waals surface area contributed by atoms with Gasteiger partial charge in [-0.15, -0.1) is 6.58 Å². The zero-order valence-corrected chi connectivity index (χ0v) is 6.38. The van der Waals surface area contributed by atoms with Crippen LogP contribution in [-0.4, -0.2) is 19.0 Å². The molecule has 0 aromatic heterocycles. The average Bonchev–Trinajstić information content (AvgIpc) is 1.90. The highest BCUT2D eigenvalue weighted by Crippen LogP contribution is 2.01. The number of aldehydes is 1. The van der Waals surface area contributed by atoms with Crippen molar-refractivity contribution in [1.29, 1.82) is 0 Å². The summed E-state index contributed by atoms with van der Waals surface area (Å²) in [7, 11) is 0. The van der Waals surface area contributed by atoms with E-state index in [4.69, 9.17) is 4.74 Å². The Balaban J connectivity index is 3.48. The summed E-state index contributed by atoms with van der Waals surface area (Å²) < 4.78 is 5.22. The molecular weight excluding hydrogens is 128 g/mol. The first kappa shape index (κ1) is 9.37. The van der Waals surface area contributed by atoms with Crippen molar-refractivity contribution in [1.82, 2.24) is 0 Å². The molecule has 0 bridgehead atoms. The fourth-order valence-electron chi connectivity index (χ4n) is 0.761. The van der Waals surface area contributed by atoms with Crippen LogP contribution in [0.5, 0.6) is 0 Å². The summed E-state index contributed by atoms with van der Waals surface area (Å²) in [4.78, 5) is 10.1. The molecule has 0 heterocycles. The molecule has 0 aromatic carbocycles. The van der Waals surface area contributed by atoms with Gasteiger partial charge in [-0.3, -0.25) is 0 Å².